The molecule has 3 rings (SSSR count). The number of hydrogen-bond donors (Lipinski definition) is 1. The van der Waals surface area contributed by atoms with Gasteiger partial charge in [-0.05, 0) is 38.0 Å². The number of nitrogens with one attached hydrogen (secondary N) is 1. The van der Waals surface area contributed by atoms with E-state index in [0.717, 1.165) is 43.1 Å². The van der Waals surface area contributed by atoms with Crippen molar-refractivity contribution in [2.24, 2.45) is 0 Å². The molecule has 128 valence electrons. The van der Waals surface area contributed by atoms with Crippen molar-refractivity contribution in [2.75, 3.05) is 13.1 Å². The molecule has 1 fully saturated rings. The van der Waals surface area contributed by atoms with Gasteiger partial charge in [0.1, 0.15) is 11.6 Å². The number of benzene rings is 1. The van der Waals surface area contributed by atoms with Gasteiger partial charge in [-0.2, -0.15) is 0 Å². The highest BCUT2D eigenvalue weighted by molar-refractivity contribution is 5.78. The zero-order valence-corrected chi connectivity index (χ0v) is 14.0. The molecule has 0 saturated carbocycles. The van der Waals surface area contributed by atoms with E-state index in [1.54, 1.807) is 12.1 Å². The number of rotatable bonds is 5. The van der Waals surface area contributed by atoms with Crippen LogP contribution in [0.2, 0.25) is 0 Å². The van der Waals surface area contributed by atoms with Crippen molar-refractivity contribution < 1.29 is 13.7 Å². The maximum absolute atomic E-state index is 13.2. The predicted molar refractivity (Wildman–Crippen MR) is 87.9 cm³/mol. The van der Waals surface area contributed by atoms with Gasteiger partial charge in [-0.15, -0.1) is 0 Å². The first-order valence-corrected chi connectivity index (χ1v) is 8.19. The van der Waals surface area contributed by atoms with Crippen LogP contribution in [-0.4, -0.2) is 35.1 Å². The van der Waals surface area contributed by atoms with E-state index in [4.69, 9.17) is 4.52 Å². The predicted octanol–water partition coefficient (Wildman–Crippen LogP) is 2.36. The van der Waals surface area contributed by atoms with Crippen molar-refractivity contribution >= 4 is 5.91 Å². The van der Waals surface area contributed by atoms with E-state index in [-0.39, 0.29) is 24.2 Å². The third kappa shape index (κ3) is 4.00. The molecule has 0 radical (unpaired) electrons. The van der Waals surface area contributed by atoms with Crippen molar-refractivity contribution in [3.05, 3.63) is 52.7 Å². The van der Waals surface area contributed by atoms with Crippen molar-refractivity contribution in [3.63, 3.8) is 0 Å². The highest BCUT2D eigenvalue weighted by Gasteiger charge is 2.25. The minimum atomic E-state index is -0.313. The molecule has 1 aliphatic rings. The van der Waals surface area contributed by atoms with E-state index in [1.165, 1.54) is 12.1 Å². The molecule has 1 atom stereocenters. The topological polar surface area (TPSA) is 58.4 Å². The molecule has 1 aliphatic heterocycles. The Labute approximate surface area is 140 Å². The van der Waals surface area contributed by atoms with Gasteiger partial charge in [0.2, 0.25) is 5.91 Å². The highest BCUT2D eigenvalue weighted by Crippen LogP contribution is 2.18. The lowest BCUT2D eigenvalue weighted by molar-refractivity contribution is -0.121. The summed E-state index contributed by atoms with van der Waals surface area (Å²) in [4.78, 5) is 14.4. The van der Waals surface area contributed by atoms with Crippen molar-refractivity contribution in [2.45, 2.75) is 39.3 Å². The minimum Gasteiger partial charge on any atom is -0.361 e. The molecule has 6 heteroatoms. The van der Waals surface area contributed by atoms with E-state index < -0.39 is 0 Å². The maximum Gasteiger partial charge on any atom is 0.224 e. The first-order valence-electron chi connectivity index (χ1n) is 8.19. The molecule has 0 spiro atoms. The number of hydrogen-bond acceptors (Lipinski definition) is 4. The van der Waals surface area contributed by atoms with Crippen LogP contribution in [0, 0.1) is 19.7 Å². The van der Waals surface area contributed by atoms with Gasteiger partial charge in [0.15, 0.2) is 0 Å². The van der Waals surface area contributed by atoms with Crippen molar-refractivity contribution in [1.29, 1.82) is 0 Å². The van der Waals surface area contributed by atoms with Crippen LogP contribution in [-0.2, 0) is 17.8 Å². The quantitative estimate of drug-likeness (QED) is 0.914. The summed E-state index contributed by atoms with van der Waals surface area (Å²) in [6.07, 6.45) is 1.12. The molecule has 2 aromatic rings. The Balaban J connectivity index is 1.50. The van der Waals surface area contributed by atoms with Gasteiger partial charge in [0, 0.05) is 31.2 Å². The molecular formula is C18H22FN3O2. The molecule has 1 aromatic carbocycles. The SMILES string of the molecule is Cc1noc(C)c1CN1CC[C@@H](NC(=O)Cc2cccc(F)c2)C1. The molecule has 1 N–H and O–H groups in total. The molecule has 1 aromatic heterocycles. The fourth-order valence-electron chi connectivity index (χ4n) is 3.16. The number of likely N-dealkylation sites (tertiary alicyclic amines) is 1. The Bertz CT molecular complexity index is 709. The Kier molecular flexibility index (Phi) is 4.94. The van der Waals surface area contributed by atoms with E-state index in [0.29, 0.717) is 5.56 Å². The van der Waals surface area contributed by atoms with E-state index in [1.807, 2.05) is 13.8 Å². The van der Waals surface area contributed by atoms with Gasteiger partial charge in [-0.1, -0.05) is 17.3 Å². The van der Waals surface area contributed by atoms with Gasteiger partial charge in [0.05, 0.1) is 12.1 Å². The first kappa shape index (κ1) is 16.6. The third-order valence-corrected chi connectivity index (χ3v) is 4.45. The monoisotopic (exact) mass is 331 g/mol. The largest absolute Gasteiger partial charge is 0.361 e. The number of amides is 1. The van der Waals surface area contributed by atoms with Crippen LogP contribution in [0.15, 0.2) is 28.8 Å². The third-order valence-electron chi connectivity index (χ3n) is 4.45. The zero-order chi connectivity index (χ0) is 17.1. The number of nitrogens with zero attached hydrogens (tertiary/aromatic N) is 2. The maximum atomic E-state index is 13.2. The van der Waals surface area contributed by atoms with Gasteiger partial charge < -0.3 is 9.84 Å². The zero-order valence-electron chi connectivity index (χ0n) is 14.0. The van der Waals surface area contributed by atoms with Crippen LogP contribution >= 0.6 is 0 Å². The molecule has 5 nitrogen and oxygen atoms in total. The molecule has 0 bridgehead atoms. The summed E-state index contributed by atoms with van der Waals surface area (Å²) in [5, 5.41) is 7.02. The molecule has 2 heterocycles. The second kappa shape index (κ2) is 7.13. The highest BCUT2D eigenvalue weighted by atomic mass is 19.1. The summed E-state index contributed by atoms with van der Waals surface area (Å²) in [6, 6.07) is 6.30. The lowest BCUT2D eigenvalue weighted by Crippen LogP contribution is -2.37. The number of carbonyl (C=O) groups is 1. The molecular weight excluding hydrogens is 309 g/mol. The van der Waals surface area contributed by atoms with E-state index in [9.17, 15) is 9.18 Å². The van der Waals surface area contributed by atoms with Gasteiger partial charge in [-0.3, -0.25) is 9.69 Å². The van der Waals surface area contributed by atoms with E-state index in [2.05, 4.69) is 15.4 Å². The summed E-state index contributed by atoms with van der Waals surface area (Å²) in [5.74, 6) is 0.475. The number of carbonyl (C=O) groups excluding carboxylic acids is 1. The van der Waals surface area contributed by atoms with Crippen LogP contribution in [0.3, 0.4) is 0 Å². The van der Waals surface area contributed by atoms with Crippen LogP contribution in [0.4, 0.5) is 4.39 Å². The Morgan fingerprint density at radius 3 is 3.00 bits per heavy atom. The van der Waals surface area contributed by atoms with Crippen molar-refractivity contribution in [1.82, 2.24) is 15.4 Å². The van der Waals surface area contributed by atoms with Crippen LogP contribution in [0.25, 0.3) is 0 Å². The number of aromatic nitrogens is 1. The van der Waals surface area contributed by atoms with Crippen LogP contribution in [0.1, 0.15) is 29.0 Å². The second-order valence-electron chi connectivity index (χ2n) is 6.40. The fraction of sp³-hybridized carbons (Fsp3) is 0.444. The smallest absolute Gasteiger partial charge is 0.224 e. The normalized spacial score (nSPS) is 18.0. The Morgan fingerprint density at radius 1 is 1.46 bits per heavy atom. The van der Waals surface area contributed by atoms with Crippen LogP contribution < -0.4 is 5.32 Å². The van der Waals surface area contributed by atoms with Crippen molar-refractivity contribution in [3.8, 4) is 0 Å². The second-order valence-corrected chi connectivity index (χ2v) is 6.40. The Morgan fingerprint density at radius 2 is 2.29 bits per heavy atom. The van der Waals surface area contributed by atoms with Gasteiger partial charge in [0.25, 0.3) is 0 Å². The molecule has 24 heavy (non-hydrogen) atoms. The number of halogens is 1. The van der Waals surface area contributed by atoms with E-state index >= 15 is 0 Å². The summed E-state index contributed by atoms with van der Waals surface area (Å²) in [6.45, 7) is 6.38. The molecule has 0 unspecified atom stereocenters. The summed E-state index contributed by atoms with van der Waals surface area (Å²) in [7, 11) is 0. The molecule has 1 amide bonds. The summed E-state index contributed by atoms with van der Waals surface area (Å²) < 4.78 is 18.4. The lowest BCUT2D eigenvalue weighted by Gasteiger charge is -2.16. The minimum absolute atomic E-state index is 0.0650. The average Bonchev–Trinajstić information content (AvgIpc) is 3.09. The van der Waals surface area contributed by atoms with Crippen LogP contribution in [0.5, 0.6) is 0 Å². The lowest BCUT2D eigenvalue weighted by atomic mass is 10.1. The standard InChI is InChI=1S/C18H22FN3O2/c1-12-17(13(2)24-21-12)11-22-7-6-16(10-22)20-18(23)9-14-4-3-5-15(19)8-14/h3-5,8,16H,6-7,9-11H2,1-2H3,(H,20,23)/t16-/m1/s1. The summed E-state index contributed by atoms with van der Waals surface area (Å²) >= 11 is 0. The first-order chi connectivity index (χ1) is 11.5. The van der Waals surface area contributed by atoms with Gasteiger partial charge >= 0.3 is 0 Å². The molecule has 0 aliphatic carbocycles. The Hall–Kier alpha value is -2.21. The fourth-order valence-corrected chi connectivity index (χ4v) is 3.16. The number of aryl methyl sites for hydroxylation is 2. The average molecular weight is 331 g/mol. The van der Waals surface area contributed by atoms with Gasteiger partial charge in [-0.25, -0.2) is 4.39 Å². The molecule has 1 saturated heterocycles. The summed E-state index contributed by atoms with van der Waals surface area (Å²) in [5.41, 5.74) is 2.74.